The van der Waals surface area contributed by atoms with Crippen LogP contribution < -0.4 is 5.56 Å². The molecule has 0 unspecified atom stereocenters. The molecule has 1 aliphatic rings. The van der Waals surface area contributed by atoms with Gasteiger partial charge in [0.1, 0.15) is 5.82 Å². The van der Waals surface area contributed by atoms with Gasteiger partial charge in [0.15, 0.2) is 11.6 Å². The smallest absolute Gasteiger partial charge is 0.475 e. The molecule has 7 nitrogen and oxygen atoms in total. The Bertz CT molecular complexity index is 1530. The number of nitrogens with one attached hydrogen (secondary N) is 2. The Morgan fingerprint density at radius 3 is 2.42 bits per heavy atom. The molecule has 1 fully saturated rings. The Balaban J connectivity index is 0.000000426. The molecule has 0 atom stereocenters. The number of hydrogen-bond acceptors (Lipinski definition) is 4. The maximum absolute atomic E-state index is 13.6. The summed E-state index contributed by atoms with van der Waals surface area (Å²) in [4.78, 5) is 34.1. The number of aromatic amines is 2. The molecule has 2 aromatic carbocycles. The second-order valence-corrected chi connectivity index (χ2v) is 9.34. The van der Waals surface area contributed by atoms with Crippen molar-refractivity contribution in [2.45, 2.75) is 31.4 Å². The van der Waals surface area contributed by atoms with Crippen LogP contribution in [0, 0.1) is 11.6 Å². The second-order valence-electron chi connectivity index (χ2n) is 8.91. The summed E-state index contributed by atoms with van der Waals surface area (Å²) < 4.78 is 58.8. The van der Waals surface area contributed by atoms with E-state index in [1.165, 1.54) is 5.56 Å². The number of likely N-dealkylation sites (tertiary alicyclic amines) is 1. The fraction of sp³-hybridized carbons (Fsp3) is 0.320. The van der Waals surface area contributed by atoms with Crippen LogP contribution in [0.15, 0.2) is 41.3 Å². The number of carboxylic acid groups (broad SMARTS) is 1. The molecule has 2 aromatic heterocycles. The van der Waals surface area contributed by atoms with Crippen LogP contribution >= 0.6 is 11.6 Å². The zero-order valence-corrected chi connectivity index (χ0v) is 20.5. The maximum Gasteiger partial charge on any atom is 0.490 e. The zero-order chi connectivity index (χ0) is 27.6. The lowest BCUT2D eigenvalue weighted by molar-refractivity contribution is -0.192. The van der Waals surface area contributed by atoms with E-state index in [1.807, 2.05) is 24.4 Å². The predicted molar refractivity (Wildman–Crippen MR) is 131 cm³/mol. The number of halogens is 6. The molecular weight excluding hydrogens is 535 g/mol. The minimum Gasteiger partial charge on any atom is -0.475 e. The number of carbonyl (C=O) groups is 1. The highest BCUT2D eigenvalue weighted by atomic mass is 35.5. The van der Waals surface area contributed by atoms with Gasteiger partial charge in [0, 0.05) is 40.7 Å². The minimum absolute atomic E-state index is 0.0684. The molecular formula is C25H22ClF5N4O3. The van der Waals surface area contributed by atoms with Crippen molar-refractivity contribution in [3.8, 4) is 0 Å². The van der Waals surface area contributed by atoms with E-state index >= 15 is 0 Å². The van der Waals surface area contributed by atoms with E-state index in [0.717, 1.165) is 67.0 Å². The summed E-state index contributed by atoms with van der Waals surface area (Å²) in [7, 11) is 0. The summed E-state index contributed by atoms with van der Waals surface area (Å²) in [6, 6.07) is 7.76. The fourth-order valence-corrected chi connectivity index (χ4v) is 4.58. The Morgan fingerprint density at radius 1 is 1.11 bits per heavy atom. The third-order valence-corrected chi connectivity index (χ3v) is 6.64. The van der Waals surface area contributed by atoms with Gasteiger partial charge in [-0.25, -0.2) is 18.6 Å². The number of nitrogens with zero attached hydrogens (tertiary/aromatic N) is 2. The Labute approximate surface area is 217 Å². The highest BCUT2D eigenvalue weighted by Crippen LogP contribution is 2.27. The topological polar surface area (TPSA) is 102 Å². The van der Waals surface area contributed by atoms with E-state index in [2.05, 4.69) is 19.9 Å². The molecule has 0 spiro atoms. The molecule has 0 aliphatic carbocycles. The van der Waals surface area contributed by atoms with Gasteiger partial charge in [0.05, 0.1) is 10.9 Å². The number of aromatic nitrogens is 3. The minimum atomic E-state index is -5.08. The first-order chi connectivity index (χ1) is 17.9. The lowest BCUT2D eigenvalue weighted by Gasteiger charge is -2.31. The lowest BCUT2D eigenvalue weighted by Crippen LogP contribution is -2.35. The van der Waals surface area contributed by atoms with Crippen molar-refractivity contribution in [2.24, 2.45) is 0 Å². The van der Waals surface area contributed by atoms with Crippen molar-refractivity contribution in [2.75, 3.05) is 19.6 Å². The molecule has 0 radical (unpaired) electrons. The molecule has 0 bridgehead atoms. The molecule has 202 valence electrons. The molecule has 5 rings (SSSR count). The summed E-state index contributed by atoms with van der Waals surface area (Å²) in [5.74, 6) is -4.15. The van der Waals surface area contributed by atoms with Crippen molar-refractivity contribution < 1.29 is 31.9 Å². The van der Waals surface area contributed by atoms with Crippen LogP contribution in [0.25, 0.3) is 21.8 Å². The monoisotopic (exact) mass is 556 g/mol. The molecule has 1 saturated heterocycles. The third-order valence-electron chi connectivity index (χ3n) is 6.41. The predicted octanol–water partition coefficient (Wildman–Crippen LogP) is 5.39. The van der Waals surface area contributed by atoms with Gasteiger partial charge in [-0.05, 0) is 62.2 Å². The van der Waals surface area contributed by atoms with Crippen molar-refractivity contribution in [3.05, 3.63) is 74.9 Å². The number of rotatable bonds is 4. The maximum atomic E-state index is 13.6. The first kappa shape index (κ1) is 27.5. The van der Waals surface area contributed by atoms with Gasteiger partial charge in [-0.1, -0.05) is 11.6 Å². The number of hydrogen-bond donors (Lipinski definition) is 3. The van der Waals surface area contributed by atoms with E-state index in [-0.39, 0.29) is 16.8 Å². The van der Waals surface area contributed by atoms with Crippen LogP contribution in [0.3, 0.4) is 0 Å². The lowest BCUT2D eigenvalue weighted by atomic mass is 9.95. The summed E-state index contributed by atoms with van der Waals surface area (Å²) in [5.41, 5.74) is 2.09. The van der Waals surface area contributed by atoms with Gasteiger partial charge >= 0.3 is 12.1 Å². The SMILES string of the molecule is O=C(O)C(F)(F)F.O=c1[nH]c(C2CCN(CCc3c[nH]c4ccc(Cl)cc34)CC2)nc2cc(F)c(F)cc12. The third kappa shape index (κ3) is 6.30. The highest BCUT2D eigenvalue weighted by molar-refractivity contribution is 6.31. The van der Waals surface area contributed by atoms with Crippen LogP contribution in [0.2, 0.25) is 5.02 Å². The van der Waals surface area contributed by atoms with Gasteiger partial charge in [0.2, 0.25) is 0 Å². The molecule has 3 N–H and O–H groups in total. The molecule has 13 heteroatoms. The Kier molecular flexibility index (Phi) is 8.02. The van der Waals surface area contributed by atoms with E-state index in [1.54, 1.807) is 0 Å². The van der Waals surface area contributed by atoms with Crippen LogP contribution in [0.1, 0.15) is 30.1 Å². The average Bonchev–Trinajstić information content (AvgIpc) is 3.26. The summed E-state index contributed by atoms with van der Waals surface area (Å²) in [5, 5.41) is 9.08. The van der Waals surface area contributed by atoms with Gasteiger partial charge in [-0.2, -0.15) is 13.2 Å². The normalized spacial score (nSPS) is 15.0. The van der Waals surface area contributed by atoms with E-state index < -0.39 is 29.3 Å². The van der Waals surface area contributed by atoms with Crippen molar-refractivity contribution >= 4 is 39.4 Å². The quantitative estimate of drug-likeness (QED) is 0.293. The van der Waals surface area contributed by atoms with Gasteiger partial charge in [-0.15, -0.1) is 0 Å². The molecule has 3 heterocycles. The summed E-state index contributed by atoms with van der Waals surface area (Å²) in [6.07, 6.45) is -0.434. The van der Waals surface area contributed by atoms with Crippen LogP contribution in [0.4, 0.5) is 22.0 Å². The van der Waals surface area contributed by atoms with Crippen LogP contribution in [-0.4, -0.2) is 56.7 Å². The number of aliphatic carboxylic acids is 1. The largest absolute Gasteiger partial charge is 0.490 e. The molecule has 38 heavy (non-hydrogen) atoms. The first-order valence-electron chi connectivity index (χ1n) is 11.6. The number of carboxylic acids is 1. The first-order valence-corrected chi connectivity index (χ1v) is 12.0. The highest BCUT2D eigenvalue weighted by Gasteiger charge is 2.38. The van der Waals surface area contributed by atoms with E-state index in [0.29, 0.717) is 5.82 Å². The number of piperidine rings is 1. The molecule has 0 saturated carbocycles. The van der Waals surface area contributed by atoms with Crippen molar-refractivity contribution in [3.63, 3.8) is 0 Å². The van der Waals surface area contributed by atoms with Crippen molar-refractivity contribution in [1.29, 1.82) is 0 Å². The second kappa shape index (κ2) is 11.1. The fourth-order valence-electron chi connectivity index (χ4n) is 4.41. The number of H-pyrrole nitrogens is 2. The van der Waals surface area contributed by atoms with Crippen molar-refractivity contribution in [1.82, 2.24) is 19.9 Å². The molecule has 4 aromatic rings. The summed E-state index contributed by atoms with van der Waals surface area (Å²) in [6.45, 7) is 2.69. The van der Waals surface area contributed by atoms with Crippen LogP contribution in [0.5, 0.6) is 0 Å². The molecule has 0 amide bonds. The molecule has 1 aliphatic heterocycles. The van der Waals surface area contributed by atoms with Crippen LogP contribution in [-0.2, 0) is 11.2 Å². The average molecular weight is 557 g/mol. The number of benzene rings is 2. The standard InChI is InChI=1S/C23H21ClF2N4O.C2HF3O2/c24-15-1-2-20-16(9-15)14(12-27-20)5-8-30-6-3-13(4-7-30)22-28-21-11-19(26)18(25)10-17(21)23(31)29-22;3-2(4,5)1(6)7/h1-2,9-13,27H,3-8H2,(H,28,29,31);(H,6,7). The Morgan fingerprint density at radius 2 is 1.76 bits per heavy atom. The van der Waals surface area contributed by atoms with Gasteiger partial charge < -0.3 is 20.0 Å². The number of fused-ring (bicyclic) bond motifs is 2. The zero-order valence-electron chi connectivity index (χ0n) is 19.7. The summed E-state index contributed by atoms with van der Waals surface area (Å²) >= 11 is 6.14. The van der Waals surface area contributed by atoms with E-state index in [4.69, 9.17) is 21.5 Å². The van der Waals surface area contributed by atoms with Gasteiger partial charge in [-0.3, -0.25) is 4.79 Å². The van der Waals surface area contributed by atoms with Gasteiger partial charge in [0.25, 0.3) is 5.56 Å². The van der Waals surface area contributed by atoms with E-state index in [9.17, 15) is 26.7 Å². The number of alkyl halides is 3. The Hall–Kier alpha value is -3.51.